The van der Waals surface area contributed by atoms with Crippen LogP contribution in [0.15, 0.2) is 24.3 Å². The number of carbonyl (C=O) groups excluding carboxylic acids is 1. The van der Waals surface area contributed by atoms with E-state index in [1.807, 2.05) is 14.0 Å². The average Bonchev–Trinajstić information content (AvgIpc) is 2.36. The van der Waals surface area contributed by atoms with E-state index in [1.165, 1.54) is 11.1 Å². The minimum atomic E-state index is 0. The average molecular weight is 285 g/mol. The van der Waals surface area contributed by atoms with Crippen LogP contribution >= 0.6 is 12.4 Å². The van der Waals surface area contributed by atoms with Crippen molar-refractivity contribution in [3.05, 3.63) is 35.4 Å². The van der Waals surface area contributed by atoms with E-state index in [1.54, 1.807) is 0 Å². The Morgan fingerprint density at radius 1 is 1.16 bits per heavy atom. The van der Waals surface area contributed by atoms with Crippen molar-refractivity contribution >= 4 is 18.3 Å². The van der Waals surface area contributed by atoms with Gasteiger partial charge in [0, 0.05) is 19.0 Å². The first-order valence-electron chi connectivity index (χ1n) is 6.53. The molecule has 1 aromatic rings. The van der Waals surface area contributed by atoms with E-state index in [-0.39, 0.29) is 24.2 Å². The smallest absolute Gasteiger partial charge is 0.224 e. The maximum absolute atomic E-state index is 11.8. The van der Waals surface area contributed by atoms with Crippen molar-refractivity contribution in [1.29, 1.82) is 0 Å². The van der Waals surface area contributed by atoms with Crippen LogP contribution in [0.4, 0.5) is 0 Å². The lowest BCUT2D eigenvalue weighted by Crippen LogP contribution is -2.36. The highest BCUT2D eigenvalue weighted by molar-refractivity contribution is 5.85. The predicted octanol–water partition coefficient (Wildman–Crippen LogP) is 2.49. The van der Waals surface area contributed by atoms with Crippen LogP contribution < -0.4 is 10.6 Å². The molecular formula is C15H25ClN2O. The molecule has 2 N–H and O–H groups in total. The minimum absolute atomic E-state index is 0. The third-order valence-electron chi connectivity index (χ3n) is 3.19. The normalized spacial score (nSPS) is 13.3. The Balaban J connectivity index is 0.00000324. The van der Waals surface area contributed by atoms with E-state index < -0.39 is 0 Å². The molecule has 0 saturated heterocycles. The Bertz CT molecular complexity index is 378. The van der Waals surface area contributed by atoms with Crippen LogP contribution in [-0.2, 0) is 4.79 Å². The van der Waals surface area contributed by atoms with Gasteiger partial charge in [-0.05, 0) is 25.5 Å². The summed E-state index contributed by atoms with van der Waals surface area (Å²) in [5.74, 6) is 0.472. The summed E-state index contributed by atoms with van der Waals surface area (Å²) >= 11 is 0. The lowest BCUT2D eigenvalue weighted by Gasteiger charge is -2.16. The van der Waals surface area contributed by atoms with Gasteiger partial charge in [0.25, 0.3) is 0 Å². The Kier molecular flexibility index (Phi) is 8.44. The lowest BCUT2D eigenvalue weighted by molar-refractivity contribution is -0.124. The van der Waals surface area contributed by atoms with Gasteiger partial charge in [-0.25, -0.2) is 0 Å². The number of nitrogens with one attached hydrogen (secondary N) is 2. The Morgan fingerprint density at radius 3 is 2.26 bits per heavy atom. The van der Waals surface area contributed by atoms with Gasteiger partial charge >= 0.3 is 0 Å². The van der Waals surface area contributed by atoms with Crippen molar-refractivity contribution in [3.8, 4) is 0 Å². The van der Waals surface area contributed by atoms with Crippen molar-refractivity contribution in [2.75, 3.05) is 20.1 Å². The molecule has 3 nitrogen and oxygen atoms in total. The second kappa shape index (κ2) is 8.94. The van der Waals surface area contributed by atoms with Crippen LogP contribution in [0.3, 0.4) is 0 Å². The molecule has 0 aliphatic heterocycles. The zero-order valence-electron chi connectivity index (χ0n) is 12.2. The van der Waals surface area contributed by atoms with Crippen molar-refractivity contribution in [2.45, 2.75) is 26.7 Å². The summed E-state index contributed by atoms with van der Waals surface area (Å²) in [7, 11) is 1.86. The fourth-order valence-electron chi connectivity index (χ4n) is 1.84. The van der Waals surface area contributed by atoms with Crippen LogP contribution in [-0.4, -0.2) is 26.0 Å². The van der Waals surface area contributed by atoms with E-state index >= 15 is 0 Å². The number of aryl methyl sites for hydroxylation is 1. The molecule has 1 rings (SSSR count). The number of carbonyl (C=O) groups is 1. The first-order valence-corrected chi connectivity index (χ1v) is 6.53. The topological polar surface area (TPSA) is 41.1 Å². The van der Waals surface area contributed by atoms with Gasteiger partial charge in [-0.1, -0.05) is 43.7 Å². The first kappa shape index (κ1) is 17.9. The summed E-state index contributed by atoms with van der Waals surface area (Å²) in [4.78, 5) is 11.8. The highest BCUT2D eigenvalue weighted by Gasteiger charge is 2.13. The van der Waals surface area contributed by atoms with Crippen molar-refractivity contribution in [1.82, 2.24) is 10.6 Å². The number of hydrogen-bond donors (Lipinski definition) is 2. The van der Waals surface area contributed by atoms with Crippen LogP contribution in [0.5, 0.6) is 0 Å². The number of benzene rings is 1. The fraction of sp³-hybridized carbons (Fsp3) is 0.533. The zero-order chi connectivity index (χ0) is 13.5. The maximum Gasteiger partial charge on any atom is 0.224 e. The van der Waals surface area contributed by atoms with E-state index in [9.17, 15) is 4.79 Å². The van der Waals surface area contributed by atoms with Gasteiger partial charge in [0.1, 0.15) is 0 Å². The van der Waals surface area contributed by atoms with Gasteiger partial charge in [-0.15, -0.1) is 12.4 Å². The SMILES string of the molecule is CNCC(C)C(=O)NCC(C)c1ccc(C)cc1.Cl. The number of hydrogen-bond acceptors (Lipinski definition) is 2. The standard InChI is InChI=1S/C15H24N2O.ClH/c1-11-5-7-14(8-6-11)12(2)10-17-15(18)13(3)9-16-4;/h5-8,12-13,16H,9-10H2,1-4H3,(H,17,18);1H. The summed E-state index contributed by atoms with van der Waals surface area (Å²) in [5.41, 5.74) is 2.53. The van der Waals surface area contributed by atoms with Gasteiger partial charge in [0.2, 0.25) is 5.91 Å². The van der Waals surface area contributed by atoms with E-state index in [0.717, 1.165) is 0 Å². The Morgan fingerprint density at radius 2 is 1.74 bits per heavy atom. The summed E-state index contributed by atoms with van der Waals surface area (Å²) < 4.78 is 0. The summed E-state index contributed by atoms with van der Waals surface area (Å²) in [6, 6.07) is 8.47. The molecule has 0 radical (unpaired) electrons. The fourth-order valence-corrected chi connectivity index (χ4v) is 1.84. The molecule has 0 fully saturated rings. The molecule has 0 aliphatic carbocycles. The lowest BCUT2D eigenvalue weighted by atomic mass is 10.00. The maximum atomic E-state index is 11.8. The van der Waals surface area contributed by atoms with Gasteiger partial charge in [0.05, 0.1) is 0 Å². The minimum Gasteiger partial charge on any atom is -0.355 e. The largest absolute Gasteiger partial charge is 0.355 e. The second-order valence-electron chi connectivity index (χ2n) is 5.02. The van der Waals surface area contributed by atoms with Crippen LogP contribution in [0, 0.1) is 12.8 Å². The monoisotopic (exact) mass is 284 g/mol. The third-order valence-corrected chi connectivity index (χ3v) is 3.19. The van der Waals surface area contributed by atoms with E-state index in [0.29, 0.717) is 19.0 Å². The first-order chi connectivity index (χ1) is 8.54. The molecule has 0 spiro atoms. The molecule has 2 atom stereocenters. The third kappa shape index (κ3) is 6.08. The predicted molar refractivity (Wildman–Crippen MR) is 82.9 cm³/mol. The van der Waals surface area contributed by atoms with Gasteiger partial charge < -0.3 is 10.6 Å². The van der Waals surface area contributed by atoms with Crippen LogP contribution in [0.25, 0.3) is 0 Å². The number of amides is 1. The highest BCUT2D eigenvalue weighted by Crippen LogP contribution is 2.14. The van der Waals surface area contributed by atoms with Gasteiger partial charge in [-0.3, -0.25) is 4.79 Å². The summed E-state index contributed by atoms with van der Waals surface area (Å²) in [6.45, 7) is 7.55. The molecule has 1 aromatic carbocycles. The quantitative estimate of drug-likeness (QED) is 0.843. The molecule has 0 bridgehead atoms. The molecule has 108 valence electrons. The van der Waals surface area contributed by atoms with Crippen LogP contribution in [0.2, 0.25) is 0 Å². The molecule has 0 aliphatic rings. The second-order valence-corrected chi connectivity index (χ2v) is 5.02. The zero-order valence-corrected chi connectivity index (χ0v) is 13.0. The molecule has 4 heteroatoms. The van der Waals surface area contributed by atoms with Gasteiger partial charge in [0.15, 0.2) is 0 Å². The van der Waals surface area contributed by atoms with Gasteiger partial charge in [-0.2, -0.15) is 0 Å². The molecule has 2 unspecified atom stereocenters. The van der Waals surface area contributed by atoms with Crippen LogP contribution in [0.1, 0.15) is 30.9 Å². The number of rotatable bonds is 6. The molecular weight excluding hydrogens is 260 g/mol. The van der Waals surface area contributed by atoms with Crippen molar-refractivity contribution < 1.29 is 4.79 Å². The molecule has 19 heavy (non-hydrogen) atoms. The molecule has 0 heterocycles. The van der Waals surface area contributed by atoms with E-state index in [2.05, 4.69) is 48.7 Å². The Hall–Kier alpha value is -1.06. The molecule has 0 aromatic heterocycles. The number of halogens is 1. The summed E-state index contributed by atoms with van der Waals surface area (Å²) in [6.07, 6.45) is 0. The Labute approximate surface area is 122 Å². The molecule has 0 saturated carbocycles. The summed E-state index contributed by atoms with van der Waals surface area (Å²) in [5, 5.41) is 6.01. The van der Waals surface area contributed by atoms with E-state index in [4.69, 9.17) is 0 Å². The van der Waals surface area contributed by atoms with Crippen molar-refractivity contribution in [2.24, 2.45) is 5.92 Å². The molecule has 1 amide bonds. The highest BCUT2D eigenvalue weighted by atomic mass is 35.5. The van der Waals surface area contributed by atoms with Crippen molar-refractivity contribution in [3.63, 3.8) is 0 Å².